The summed E-state index contributed by atoms with van der Waals surface area (Å²) < 4.78 is 11.6. The van der Waals surface area contributed by atoms with E-state index in [1.165, 1.54) is 6.42 Å². The maximum atomic E-state index is 14.0. The van der Waals surface area contributed by atoms with Crippen LogP contribution in [0.2, 0.25) is 0 Å². The van der Waals surface area contributed by atoms with Crippen molar-refractivity contribution in [2.75, 3.05) is 12.4 Å². The molecule has 2 bridgehead atoms. The van der Waals surface area contributed by atoms with Crippen molar-refractivity contribution in [3.05, 3.63) is 36.4 Å². The van der Waals surface area contributed by atoms with Gasteiger partial charge >= 0.3 is 0 Å². The predicted molar refractivity (Wildman–Crippen MR) is 140 cm³/mol. The number of nitrogens with zero attached hydrogens (tertiary/aromatic N) is 1. The molecule has 3 aliphatic heterocycles. The molecule has 8 nitrogen and oxygen atoms in total. The van der Waals surface area contributed by atoms with Crippen LogP contribution in [0.3, 0.4) is 0 Å². The summed E-state index contributed by atoms with van der Waals surface area (Å²) in [6.07, 6.45) is 7.06. The van der Waals surface area contributed by atoms with Crippen LogP contribution in [0.25, 0.3) is 0 Å². The molecule has 1 aliphatic carbocycles. The van der Waals surface area contributed by atoms with E-state index < -0.39 is 29.6 Å². The van der Waals surface area contributed by atoms with Gasteiger partial charge in [0.15, 0.2) is 0 Å². The van der Waals surface area contributed by atoms with Gasteiger partial charge in [-0.25, -0.2) is 0 Å². The number of amides is 3. The van der Waals surface area contributed by atoms with E-state index in [1.54, 1.807) is 36.3 Å². The summed E-state index contributed by atoms with van der Waals surface area (Å²) in [4.78, 5) is 43.2. The summed E-state index contributed by atoms with van der Waals surface area (Å²) in [6.45, 7) is 8.40. The molecule has 2 saturated heterocycles. The highest BCUT2D eigenvalue weighted by Gasteiger charge is 2.73. The van der Waals surface area contributed by atoms with Gasteiger partial charge in [0.05, 0.1) is 25.0 Å². The minimum Gasteiger partial charge on any atom is -0.497 e. The van der Waals surface area contributed by atoms with Crippen molar-refractivity contribution in [1.82, 2.24) is 10.2 Å². The highest BCUT2D eigenvalue weighted by molar-refractivity contribution is 6.03. The Morgan fingerprint density at radius 2 is 1.92 bits per heavy atom. The Kier molecular flexibility index (Phi) is 6.81. The maximum Gasteiger partial charge on any atom is 0.246 e. The number of anilines is 1. The molecular formula is C29H39N3O5. The molecule has 1 saturated carbocycles. The van der Waals surface area contributed by atoms with Crippen LogP contribution in [0, 0.1) is 23.7 Å². The van der Waals surface area contributed by atoms with Gasteiger partial charge in [0.25, 0.3) is 0 Å². The number of carbonyl (C=O) groups excluding carboxylic acids is 3. The molecule has 37 heavy (non-hydrogen) atoms. The number of ether oxygens (including phenoxy) is 2. The van der Waals surface area contributed by atoms with Gasteiger partial charge in [-0.1, -0.05) is 45.8 Å². The maximum absolute atomic E-state index is 14.0. The van der Waals surface area contributed by atoms with E-state index >= 15 is 0 Å². The van der Waals surface area contributed by atoms with Crippen LogP contribution in [0.5, 0.6) is 5.75 Å². The van der Waals surface area contributed by atoms with E-state index in [1.807, 2.05) is 26.0 Å². The third-order valence-electron chi connectivity index (χ3n) is 9.32. The molecule has 3 amide bonds. The first-order valence-corrected chi connectivity index (χ1v) is 13.7. The van der Waals surface area contributed by atoms with Crippen molar-refractivity contribution in [3.8, 4) is 5.75 Å². The molecule has 1 aromatic carbocycles. The average Bonchev–Trinajstić information content (AvgIpc) is 3.54. The molecule has 0 radical (unpaired) electrons. The molecule has 200 valence electrons. The number of fused-ring (bicyclic) bond motifs is 1. The first-order valence-electron chi connectivity index (χ1n) is 13.7. The molecule has 1 spiro atoms. The number of carbonyl (C=O) groups is 3. The first-order chi connectivity index (χ1) is 17.7. The fraction of sp³-hybridized carbons (Fsp3) is 0.621. The second-order valence-electron chi connectivity index (χ2n) is 11.3. The summed E-state index contributed by atoms with van der Waals surface area (Å²) in [5.74, 6) is -0.506. The Morgan fingerprint density at radius 1 is 1.19 bits per heavy atom. The highest BCUT2D eigenvalue weighted by Crippen LogP contribution is 2.56. The fourth-order valence-electron chi connectivity index (χ4n) is 6.82. The van der Waals surface area contributed by atoms with Crippen LogP contribution in [0.15, 0.2) is 36.4 Å². The lowest BCUT2D eigenvalue weighted by molar-refractivity contribution is -0.144. The molecular weight excluding hydrogens is 470 g/mol. The highest BCUT2D eigenvalue weighted by atomic mass is 16.5. The van der Waals surface area contributed by atoms with Crippen LogP contribution < -0.4 is 15.4 Å². The zero-order valence-corrected chi connectivity index (χ0v) is 22.4. The van der Waals surface area contributed by atoms with E-state index in [0.717, 1.165) is 12.8 Å². The predicted octanol–water partition coefficient (Wildman–Crippen LogP) is 3.52. The van der Waals surface area contributed by atoms with E-state index in [4.69, 9.17) is 9.47 Å². The van der Waals surface area contributed by atoms with Crippen molar-refractivity contribution in [3.63, 3.8) is 0 Å². The third kappa shape index (κ3) is 4.13. The molecule has 0 aromatic heterocycles. The van der Waals surface area contributed by atoms with Gasteiger partial charge in [-0.15, -0.1) is 0 Å². The lowest BCUT2D eigenvalue weighted by Gasteiger charge is -2.39. The standard InChI is InChI=1S/C29H39N3O5/c1-6-17(3)32-25(27(34)31-21-9-7-8-16(2)18(21)4)29-15-14-22(37-29)23(24(29)28(32)35)26(33)30-19-10-12-20(36-5)13-11-19/h10-18,21-25H,6-9H2,1-5H3,(H,30,33)(H,31,34)/t16-,17-,18+,21+,22+,23+,24+,25-,29-/m0/s1. The summed E-state index contributed by atoms with van der Waals surface area (Å²) in [7, 11) is 1.59. The van der Waals surface area contributed by atoms with Crippen LogP contribution in [0.1, 0.15) is 53.4 Å². The summed E-state index contributed by atoms with van der Waals surface area (Å²) >= 11 is 0. The quantitative estimate of drug-likeness (QED) is 0.548. The zero-order valence-electron chi connectivity index (χ0n) is 22.4. The third-order valence-corrected chi connectivity index (χ3v) is 9.32. The van der Waals surface area contributed by atoms with E-state index in [0.29, 0.717) is 29.7 Å². The molecule has 0 unspecified atom stereocenters. The average molecular weight is 510 g/mol. The minimum absolute atomic E-state index is 0.0670. The summed E-state index contributed by atoms with van der Waals surface area (Å²) in [6, 6.07) is 6.18. The SMILES string of the molecule is CC[C@H](C)N1C(=O)[C@H]2[C@H](C(=O)Nc3ccc(OC)cc3)[C@H]3C=C[C@@]2(O3)[C@@H]1C(=O)N[C@@H]1CCC[C@H](C)[C@H]1C. The van der Waals surface area contributed by atoms with Gasteiger partial charge in [0, 0.05) is 17.8 Å². The second kappa shape index (κ2) is 9.78. The number of rotatable bonds is 7. The van der Waals surface area contributed by atoms with E-state index in [9.17, 15) is 14.4 Å². The van der Waals surface area contributed by atoms with Gasteiger partial charge in [0.2, 0.25) is 17.7 Å². The van der Waals surface area contributed by atoms with Gasteiger partial charge in [0.1, 0.15) is 17.4 Å². The zero-order chi connectivity index (χ0) is 26.5. The lowest BCUT2D eigenvalue weighted by atomic mass is 9.73. The van der Waals surface area contributed by atoms with Gasteiger partial charge < -0.3 is 25.0 Å². The van der Waals surface area contributed by atoms with Crippen LogP contribution in [-0.4, -0.2) is 59.6 Å². The van der Waals surface area contributed by atoms with Crippen molar-refractivity contribution in [2.45, 2.75) is 83.2 Å². The van der Waals surface area contributed by atoms with Crippen molar-refractivity contribution in [2.24, 2.45) is 23.7 Å². The Hall–Kier alpha value is -2.87. The molecule has 3 heterocycles. The Labute approximate surface area is 219 Å². The summed E-state index contributed by atoms with van der Waals surface area (Å²) in [5, 5.41) is 6.24. The Bertz CT molecular complexity index is 1090. The van der Waals surface area contributed by atoms with Gasteiger partial charge in [-0.05, 0) is 55.9 Å². The summed E-state index contributed by atoms with van der Waals surface area (Å²) in [5.41, 5.74) is -0.522. The smallest absolute Gasteiger partial charge is 0.246 e. The van der Waals surface area contributed by atoms with E-state index in [-0.39, 0.29) is 29.8 Å². The van der Waals surface area contributed by atoms with Crippen molar-refractivity contribution >= 4 is 23.4 Å². The molecule has 4 aliphatic rings. The van der Waals surface area contributed by atoms with E-state index in [2.05, 4.69) is 24.5 Å². The molecule has 5 rings (SSSR count). The van der Waals surface area contributed by atoms with Crippen molar-refractivity contribution in [1.29, 1.82) is 0 Å². The number of likely N-dealkylation sites (tertiary alicyclic amines) is 1. The Balaban J connectivity index is 1.43. The molecule has 2 N–H and O–H groups in total. The fourth-order valence-corrected chi connectivity index (χ4v) is 6.82. The van der Waals surface area contributed by atoms with Crippen LogP contribution in [-0.2, 0) is 19.1 Å². The lowest BCUT2D eigenvalue weighted by Crippen LogP contribution is -2.59. The normalized spacial score (nSPS) is 36.8. The molecule has 9 atom stereocenters. The van der Waals surface area contributed by atoms with Gasteiger partial charge in [-0.2, -0.15) is 0 Å². The molecule has 3 fully saturated rings. The van der Waals surface area contributed by atoms with Crippen LogP contribution >= 0.6 is 0 Å². The Morgan fingerprint density at radius 3 is 2.59 bits per heavy atom. The molecule has 1 aromatic rings. The number of benzene rings is 1. The van der Waals surface area contributed by atoms with Crippen molar-refractivity contribution < 1.29 is 23.9 Å². The number of hydrogen-bond acceptors (Lipinski definition) is 5. The number of nitrogens with one attached hydrogen (secondary N) is 2. The topological polar surface area (TPSA) is 97.0 Å². The molecule has 8 heteroatoms. The van der Waals surface area contributed by atoms with Crippen LogP contribution in [0.4, 0.5) is 5.69 Å². The monoisotopic (exact) mass is 509 g/mol. The largest absolute Gasteiger partial charge is 0.497 e. The second-order valence-corrected chi connectivity index (χ2v) is 11.3. The number of hydrogen-bond donors (Lipinski definition) is 2. The minimum atomic E-state index is -1.14. The first kappa shape index (κ1) is 25.8. The number of methoxy groups -OCH3 is 1. The van der Waals surface area contributed by atoms with Gasteiger partial charge in [-0.3, -0.25) is 14.4 Å².